The third kappa shape index (κ3) is 6.78. The number of carbonyl (C=O) groups is 1. The third-order valence-electron chi connectivity index (χ3n) is 5.74. The highest BCUT2D eigenvalue weighted by atomic mass is 16.5. The first kappa shape index (κ1) is 25.1. The largest absolute Gasteiger partial charge is 0.492 e. The van der Waals surface area contributed by atoms with Gasteiger partial charge in [-0.05, 0) is 30.3 Å². The Labute approximate surface area is 211 Å². The molecule has 9 heteroatoms. The highest BCUT2D eigenvalue weighted by molar-refractivity contribution is 5.93. The second kappa shape index (κ2) is 12.1. The molecule has 0 aliphatic carbocycles. The molecule has 36 heavy (non-hydrogen) atoms. The minimum Gasteiger partial charge on any atom is -0.492 e. The van der Waals surface area contributed by atoms with E-state index in [9.17, 15) is 10.1 Å². The molecular formula is C27H30N6O3. The van der Waals surface area contributed by atoms with Gasteiger partial charge in [0.25, 0.3) is 0 Å². The molecule has 0 unspecified atom stereocenters. The Bertz CT molecular complexity index is 1230. The van der Waals surface area contributed by atoms with E-state index >= 15 is 0 Å². The zero-order valence-corrected chi connectivity index (χ0v) is 20.5. The lowest BCUT2D eigenvalue weighted by Crippen LogP contribution is -2.38. The third-order valence-corrected chi connectivity index (χ3v) is 5.74. The van der Waals surface area contributed by atoms with Crippen LogP contribution in [0.15, 0.2) is 54.7 Å². The van der Waals surface area contributed by atoms with Gasteiger partial charge in [-0.25, -0.2) is 9.97 Å². The Kier molecular flexibility index (Phi) is 8.44. The van der Waals surface area contributed by atoms with Gasteiger partial charge in [0.1, 0.15) is 18.4 Å². The van der Waals surface area contributed by atoms with Gasteiger partial charge in [-0.15, -0.1) is 0 Å². The lowest BCUT2D eigenvalue weighted by Gasteiger charge is -2.26. The average Bonchev–Trinajstić information content (AvgIpc) is 2.90. The molecule has 1 saturated heterocycles. The number of benzene rings is 2. The molecule has 9 nitrogen and oxygen atoms in total. The highest BCUT2D eigenvalue weighted by Crippen LogP contribution is 2.26. The van der Waals surface area contributed by atoms with Crippen LogP contribution in [0.3, 0.4) is 0 Å². The van der Waals surface area contributed by atoms with Gasteiger partial charge in [0, 0.05) is 49.1 Å². The molecule has 0 radical (unpaired) electrons. The molecule has 2 aromatic carbocycles. The molecule has 1 aromatic heterocycles. The van der Waals surface area contributed by atoms with Gasteiger partial charge in [-0.1, -0.05) is 26.0 Å². The van der Waals surface area contributed by atoms with Crippen molar-refractivity contribution in [3.05, 3.63) is 60.3 Å². The zero-order valence-electron chi connectivity index (χ0n) is 20.5. The van der Waals surface area contributed by atoms with E-state index in [0.717, 1.165) is 49.8 Å². The Morgan fingerprint density at radius 2 is 2.03 bits per heavy atom. The van der Waals surface area contributed by atoms with Crippen LogP contribution in [-0.4, -0.2) is 60.2 Å². The van der Waals surface area contributed by atoms with Crippen LogP contribution in [0.5, 0.6) is 5.75 Å². The van der Waals surface area contributed by atoms with E-state index in [4.69, 9.17) is 9.47 Å². The molecule has 0 atom stereocenters. The van der Waals surface area contributed by atoms with Gasteiger partial charge in [0.2, 0.25) is 11.9 Å². The monoisotopic (exact) mass is 486 g/mol. The number of anilines is 3. The van der Waals surface area contributed by atoms with Crippen molar-refractivity contribution < 1.29 is 14.3 Å². The van der Waals surface area contributed by atoms with Crippen LogP contribution in [-0.2, 0) is 9.53 Å². The van der Waals surface area contributed by atoms with Gasteiger partial charge >= 0.3 is 0 Å². The molecule has 2 N–H and O–H groups in total. The van der Waals surface area contributed by atoms with E-state index in [1.807, 2.05) is 30.3 Å². The summed E-state index contributed by atoms with van der Waals surface area (Å²) in [5, 5.41) is 15.6. The fourth-order valence-corrected chi connectivity index (χ4v) is 3.67. The normalized spacial score (nSPS) is 13.7. The number of carbonyl (C=O) groups excluding carboxylic acids is 1. The van der Waals surface area contributed by atoms with Gasteiger partial charge in [0.15, 0.2) is 0 Å². The van der Waals surface area contributed by atoms with Crippen LogP contribution in [0.2, 0.25) is 0 Å². The molecule has 4 rings (SSSR count). The Balaban J connectivity index is 1.42. The Morgan fingerprint density at radius 3 is 2.81 bits per heavy atom. The maximum atomic E-state index is 12.0. The van der Waals surface area contributed by atoms with Crippen LogP contribution >= 0.6 is 0 Å². The lowest BCUT2D eigenvalue weighted by atomic mass is 10.1. The minimum atomic E-state index is -0.180. The molecule has 1 fully saturated rings. The first-order valence-electron chi connectivity index (χ1n) is 12.0. The first-order chi connectivity index (χ1) is 17.5. The maximum Gasteiger partial charge on any atom is 0.227 e. The summed E-state index contributed by atoms with van der Waals surface area (Å²) in [6.07, 6.45) is 1.66. The number of hydrogen-bond donors (Lipinski definition) is 2. The molecule has 1 aliphatic heterocycles. The van der Waals surface area contributed by atoms with Gasteiger partial charge in [-0.3, -0.25) is 9.69 Å². The maximum absolute atomic E-state index is 12.0. The van der Waals surface area contributed by atoms with E-state index < -0.39 is 0 Å². The van der Waals surface area contributed by atoms with Crippen LogP contribution in [0.1, 0.15) is 19.4 Å². The van der Waals surface area contributed by atoms with Crippen molar-refractivity contribution >= 4 is 23.2 Å². The minimum absolute atomic E-state index is 0.139. The van der Waals surface area contributed by atoms with Crippen molar-refractivity contribution in [2.24, 2.45) is 5.92 Å². The standard InChI is InChI=1S/C27H30N6O3/c1-19(2)26(34)31-24-7-6-20(16-21(24)18-28)25-8-9-29-27(32-25)30-22-4-3-5-23(17-22)36-15-12-33-10-13-35-14-11-33/h3-9,16-17,19H,10-15H2,1-2H3,(H,31,34)(H,29,30,32). The number of aromatic nitrogens is 2. The molecule has 186 valence electrons. The number of rotatable bonds is 9. The first-order valence-corrected chi connectivity index (χ1v) is 12.0. The number of nitriles is 1. The van der Waals surface area contributed by atoms with E-state index in [1.54, 1.807) is 38.2 Å². The lowest BCUT2D eigenvalue weighted by molar-refractivity contribution is -0.118. The molecule has 0 bridgehead atoms. The summed E-state index contributed by atoms with van der Waals surface area (Å²) in [7, 11) is 0. The van der Waals surface area contributed by atoms with Crippen LogP contribution in [0.25, 0.3) is 11.3 Å². The van der Waals surface area contributed by atoms with Crippen molar-refractivity contribution in [3.63, 3.8) is 0 Å². The summed E-state index contributed by atoms with van der Waals surface area (Å²) in [5.74, 6) is 0.872. The quantitative estimate of drug-likeness (QED) is 0.466. The van der Waals surface area contributed by atoms with Crippen molar-refractivity contribution in [1.82, 2.24) is 14.9 Å². The van der Waals surface area contributed by atoms with Crippen LogP contribution < -0.4 is 15.4 Å². The second-order valence-electron chi connectivity index (χ2n) is 8.74. The fourth-order valence-electron chi connectivity index (χ4n) is 3.67. The number of morpholine rings is 1. The zero-order chi connectivity index (χ0) is 25.3. The predicted octanol–water partition coefficient (Wildman–Crippen LogP) is 4.06. The number of amides is 1. The molecular weight excluding hydrogens is 456 g/mol. The number of nitrogens with one attached hydrogen (secondary N) is 2. The summed E-state index contributed by atoms with van der Waals surface area (Å²) in [4.78, 5) is 23.3. The van der Waals surface area contributed by atoms with Gasteiger partial charge in [-0.2, -0.15) is 5.26 Å². The van der Waals surface area contributed by atoms with Gasteiger partial charge < -0.3 is 20.1 Å². The summed E-state index contributed by atoms with van der Waals surface area (Å²) < 4.78 is 11.3. The second-order valence-corrected chi connectivity index (χ2v) is 8.74. The van der Waals surface area contributed by atoms with E-state index in [-0.39, 0.29) is 11.8 Å². The smallest absolute Gasteiger partial charge is 0.227 e. The number of nitrogens with zero attached hydrogens (tertiary/aromatic N) is 4. The number of hydrogen-bond acceptors (Lipinski definition) is 8. The summed E-state index contributed by atoms with van der Waals surface area (Å²) >= 11 is 0. The van der Waals surface area contributed by atoms with Crippen LogP contribution in [0.4, 0.5) is 17.3 Å². The van der Waals surface area contributed by atoms with Crippen molar-refractivity contribution in [2.45, 2.75) is 13.8 Å². The number of ether oxygens (including phenoxy) is 2. The van der Waals surface area contributed by atoms with E-state index in [2.05, 4.69) is 31.6 Å². The van der Waals surface area contributed by atoms with Crippen LogP contribution in [0, 0.1) is 17.2 Å². The van der Waals surface area contributed by atoms with Crippen molar-refractivity contribution in [1.29, 1.82) is 5.26 Å². The average molecular weight is 487 g/mol. The molecule has 3 aromatic rings. The highest BCUT2D eigenvalue weighted by Gasteiger charge is 2.13. The van der Waals surface area contributed by atoms with E-state index in [0.29, 0.717) is 29.5 Å². The van der Waals surface area contributed by atoms with Crippen molar-refractivity contribution in [2.75, 3.05) is 50.1 Å². The summed E-state index contributed by atoms with van der Waals surface area (Å²) in [6, 6.07) is 16.9. The Hall–Kier alpha value is -4.00. The predicted molar refractivity (Wildman–Crippen MR) is 138 cm³/mol. The van der Waals surface area contributed by atoms with Gasteiger partial charge in [0.05, 0.1) is 30.2 Å². The molecule has 1 amide bonds. The summed E-state index contributed by atoms with van der Waals surface area (Å²) in [6.45, 7) is 8.48. The molecule has 1 aliphatic rings. The molecule has 0 saturated carbocycles. The SMILES string of the molecule is CC(C)C(=O)Nc1ccc(-c2ccnc(Nc3cccc(OCCN4CCOCC4)c3)n2)cc1C#N. The molecule has 2 heterocycles. The van der Waals surface area contributed by atoms with E-state index in [1.165, 1.54) is 0 Å². The topological polar surface area (TPSA) is 112 Å². The molecule has 0 spiro atoms. The summed E-state index contributed by atoms with van der Waals surface area (Å²) in [5.41, 5.74) is 3.07. The van der Waals surface area contributed by atoms with Crippen molar-refractivity contribution in [3.8, 4) is 23.1 Å². The Morgan fingerprint density at radius 1 is 1.19 bits per heavy atom. The fraction of sp³-hybridized carbons (Fsp3) is 0.333.